The zero-order valence-corrected chi connectivity index (χ0v) is 16.4. The van der Waals surface area contributed by atoms with Gasteiger partial charge in [-0.05, 0) is 55.5 Å². The Morgan fingerprint density at radius 1 is 1.22 bits per heavy atom. The van der Waals surface area contributed by atoms with Gasteiger partial charge < -0.3 is 10.1 Å². The van der Waals surface area contributed by atoms with Crippen molar-refractivity contribution in [2.24, 2.45) is 0 Å². The molecular formula is C21H18N2O2S2. The van der Waals surface area contributed by atoms with Crippen molar-refractivity contribution in [2.45, 2.75) is 17.6 Å². The summed E-state index contributed by atoms with van der Waals surface area (Å²) >= 11 is 3.36. The van der Waals surface area contributed by atoms with Gasteiger partial charge in [0.15, 0.2) is 0 Å². The molecule has 0 aliphatic rings. The van der Waals surface area contributed by atoms with Crippen LogP contribution in [0.1, 0.15) is 21.1 Å². The summed E-state index contributed by atoms with van der Waals surface area (Å²) < 4.78 is 5.31. The summed E-state index contributed by atoms with van der Waals surface area (Å²) in [5.74, 6) is 3.75. The van der Waals surface area contributed by atoms with E-state index in [2.05, 4.69) is 21.6 Å². The van der Waals surface area contributed by atoms with E-state index in [1.165, 1.54) is 0 Å². The van der Waals surface area contributed by atoms with Gasteiger partial charge in [0.05, 0.1) is 10.7 Å². The fraction of sp³-hybridized carbons (Fsp3) is 0.143. The standard InChI is InChI=1S/C21H18N2O2S2/c1-3-12-25-19-8-6-17(7-9-19)23-21(24)16-4-10-20(11-5-16)27-14-18-13-26-15(2)22-18/h1,4-11,13H,12,14H2,2H3,(H,23,24). The monoisotopic (exact) mass is 394 g/mol. The molecule has 136 valence electrons. The third-order valence-corrected chi connectivity index (χ3v) is 5.47. The summed E-state index contributed by atoms with van der Waals surface area (Å²) in [6.45, 7) is 2.22. The van der Waals surface area contributed by atoms with Crippen LogP contribution in [0.25, 0.3) is 0 Å². The molecule has 0 unspecified atom stereocenters. The van der Waals surface area contributed by atoms with E-state index in [0.29, 0.717) is 17.0 Å². The van der Waals surface area contributed by atoms with Gasteiger partial charge in [0.25, 0.3) is 5.91 Å². The Kier molecular flexibility index (Phi) is 6.53. The number of nitrogens with zero attached hydrogens (tertiary/aromatic N) is 1. The van der Waals surface area contributed by atoms with Crippen LogP contribution in [0.3, 0.4) is 0 Å². The van der Waals surface area contributed by atoms with Crippen molar-refractivity contribution < 1.29 is 9.53 Å². The second kappa shape index (κ2) is 9.26. The highest BCUT2D eigenvalue weighted by Crippen LogP contribution is 2.24. The maximum atomic E-state index is 12.4. The number of hydrogen-bond donors (Lipinski definition) is 1. The molecular weight excluding hydrogens is 376 g/mol. The van der Waals surface area contributed by atoms with E-state index >= 15 is 0 Å². The molecule has 1 N–H and O–H groups in total. The quantitative estimate of drug-likeness (QED) is 0.452. The number of terminal acetylenes is 1. The van der Waals surface area contributed by atoms with E-state index in [4.69, 9.17) is 11.2 Å². The van der Waals surface area contributed by atoms with Crippen LogP contribution in [-0.2, 0) is 5.75 Å². The average molecular weight is 395 g/mol. The van der Waals surface area contributed by atoms with Crippen LogP contribution in [0.4, 0.5) is 5.69 Å². The normalized spacial score (nSPS) is 10.2. The van der Waals surface area contributed by atoms with Crippen LogP contribution >= 0.6 is 23.1 Å². The van der Waals surface area contributed by atoms with Crippen LogP contribution in [0, 0.1) is 19.3 Å². The maximum Gasteiger partial charge on any atom is 0.255 e. The molecule has 0 saturated carbocycles. The Morgan fingerprint density at radius 3 is 2.59 bits per heavy atom. The lowest BCUT2D eigenvalue weighted by atomic mass is 10.2. The van der Waals surface area contributed by atoms with Gasteiger partial charge >= 0.3 is 0 Å². The first-order valence-corrected chi connectivity index (χ1v) is 10.1. The zero-order chi connectivity index (χ0) is 19.1. The molecule has 0 bridgehead atoms. The first-order valence-electron chi connectivity index (χ1n) is 8.25. The summed E-state index contributed by atoms with van der Waals surface area (Å²) in [5.41, 5.74) is 2.39. The van der Waals surface area contributed by atoms with Gasteiger partial charge in [0.2, 0.25) is 0 Å². The minimum Gasteiger partial charge on any atom is -0.481 e. The predicted molar refractivity (Wildman–Crippen MR) is 112 cm³/mol. The molecule has 0 aliphatic heterocycles. The molecule has 3 rings (SSSR count). The number of nitrogens with one attached hydrogen (secondary N) is 1. The first kappa shape index (κ1) is 19.0. The minimum absolute atomic E-state index is 0.154. The number of carbonyl (C=O) groups is 1. The molecule has 4 nitrogen and oxygen atoms in total. The van der Waals surface area contributed by atoms with E-state index in [9.17, 15) is 4.79 Å². The van der Waals surface area contributed by atoms with Gasteiger partial charge in [-0.15, -0.1) is 29.5 Å². The summed E-state index contributed by atoms with van der Waals surface area (Å²) in [4.78, 5) is 17.9. The first-order chi connectivity index (χ1) is 13.1. The molecule has 0 aliphatic carbocycles. The molecule has 1 amide bonds. The smallest absolute Gasteiger partial charge is 0.255 e. The maximum absolute atomic E-state index is 12.4. The van der Waals surface area contributed by atoms with Crippen molar-refractivity contribution in [3.63, 3.8) is 0 Å². The molecule has 0 fully saturated rings. The number of thioether (sulfide) groups is 1. The Bertz CT molecular complexity index is 942. The van der Waals surface area contributed by atoms with Gasteiger partial charge in [-0.3, -0.25) is 4.79 Å². The van der Waals surface area contributed by atoms with E-state index in [1.54, 1.807) is 47.4 Å². The van der Waals surface area contributed by atoms with E-state index < -0.39 is 0 Å². The van der Waals surface area contributed by atoms with E-state index in [1.807, 2.05) is 31.2 Å². The van der Waals surface area contributed by atoms with Crippen molar-refractivity contribution in [3.8, 4) is 18.1 Å². The molecule has 0 atom stereocenters. The molecule has 3 aromatic rings. The predicted octanol–water partition coefficient (Wildman–Crippen LogP) is 5.01. The van der Waals surface area contributed by atoms with E-state index in [0.717, 1.165) is 21.3 Å². The highest BCUT2D eigenvalue weighted by Gasteiger charge is 2.07. The number of hydrogen-bond acceptors (Lipinski definition) is 5. The van der Waals surface area contributed by atoms with Crippen molar-refractivity contribution in [1.82, 2.24) is 4.98 Å². The topological polar surface area (TPSA) is 51.2 Å². The van der Waals surface area contributed by atoms with Crippen molar-refractivity contribution >= 4 is 34.7 Å². The SMILES string of the molecule is C#CCOc1ccc(NC(=O)c2ccc(SCc3csc(C)n3)cc2)cc1. The molecule has 2 aromatic carbocycles. The summed E-state index contributed by atoms with van der Waals surface area (Å²) in [6, 6.07) is 14.7. The van der Waals surface area contributed by atoms with Gasteiger partial charge in [-0.25, -0.2) is 4.98 Å². The largest absolute Gasteiger partial charge is 0.481 e. The second-order valence-electron chi connectivity index (χ2n) is 5.64. The van der Waals surface area contributed by atoms with Crippen LogP contribution < -0.4 is 10.1 Å². The number of aryl methyl sites for hydroxylation is 1. The Hall–Kier alpha value is -2.75. The molecule has 0 spiro atoms. The highest BCUT2D eigenvalue weighted by molar-refractivity contribution is 7.98. The van der Waals surface area contributed by atoms with Crippen LogP contribution in [0.5, 0.6) is 5.75 Å². The summed E-state index contributed by atoms with van der Waals surface area (Å²) in [5, 5.41) is 6.02. The number of thiazole rings is 1. The summed E-state index contributed by atoms with van der Waals surface area (Å²) in [6.07, 6.45) is 5.16. The molecule has 0 radical (unpaired) electrons. The Balaban J connectivity index is 1.54. The average Bonchev–Trinajstić information content (AvgIpc) is 3.11. The molecule has 27 heavy (non-hydrogen) atoms. The fourth-order valence-electron chi connectivity index (χ4n) is 2.30. The van der Waals surface area contributed by atoms with Crippen LogP contribution in [0.2, 0.25) is 0 Å². The van der Waals surface area contributed by atoms with Gasteiger partial charge in [-0.2, -0.15) is 0 Å². The minimum atomic E-state index is -0.154. The third-order valence-electron chi connectivity index (χ3n) is 3.60. The lowest BCUT2D eigenvalue weighted by Gasteiger charge is -2.07. The van der Waals surface area contributed by atoms with Crippen LogP contribution in [0.15, 0.2) is 58.8 Å². The molecule has 1 heterocycles. The molecule has 6 heteroatoms. The fourth-order valence-corrected chi connectivity index (χ4v) is 3.81. The number of amides is 1. The highest BCUT2D eigenvalue weighted by atomic mass is 32.2. The van der Waals surface area contributed by atoms with Gasteiger partial charge in [0, 0.05) is 27.3 Å². The lowest BCUT2D eigenvalue weighted by molar-refractivity contribution is 0.102. The molecule has 0 saturated heterocycles. The Morgan fingerprint density at radius 2 is 1.96 bits per heavy atom. The van der Waals surface area contributed by atoms with Gasteiger partial charge in [-0.1, -0.05) is 5.92 Å². The number of aromatic nitrogens is 1. The third kappa shape index (κ3) is 5.61. The second-order valence-corrected chi connectivity index (χ2v) is 7.75. The number of rotatable bonds is 7. The zero-order valence-electron chi connectivity index (χ0n) is 14.8. The number of anilines is 1. The van der Waals surface area contributed by atoms with Gasteiger partial charge in [0.1, 0.15) is 12.4 Å². The van der Waals surface area contributed by atoms with Crippen molar-refractivity contribution in [3.05, 3.63) is 70.2 Å². The summed E-state index contributed by atoms with van der Waals surface area (Å²) in [7, 11) is 0. The Labute approximate surface area is 167 Å². The van der Waals surface area contributed by atoms with Crippen molar-refractivity contribution in [1.29, 1.82) is 0 Å². The van der Waals surface area contributed by atoms with Crippen molar-refractivity contribution in [2.75, 3.05) is 11.9 Å². The molecule has 1 aromatic heterocycles. The van der Waals surface area contributed by atoms with Crippen LogP contribution in [-0.4, -0.2) is 17.5 Å². The lowest BCUT2D eigenvalue weighted by Crippen LogP contribution is -2.11. The number of carbonyl (C=O) groups excluding carboxylic acids is 1. The number of benzene rings is 2. The van der Waals surface area contributed by atoms with E-state index in [-0.39, 0.29) is 12.5 Å². The number of ether oxygens (including phenoxy) is 1.